The Kier molecular flexibility index (Phi) is 4.87. The molecule has 1 N–H and O–H groups in total. The van der Waals surface area contributed by atoms with E-state index in [0.29, 0.717) is 4.47 Å². The van der Waals surface area contributed by atoms with Crippen LogP contribution in [0.3, 0.4) is 0 Å². The second-order valence-electron chi connectivity index (χ2n) is 3.94. The highest BCUT2D eigenvalue weighted by Gasteiger charge is 2.19. The van der Waals surface area contributed by atoms with Gasteiger partial charge in [-0.3, -0.25) is 4.84 Å². The number of sulfonamides is 1. The van der Waals surface area contributed by atoms with Gasteiger partial charge in [0, 0.05) is 4.47 Å². The topological polar surface area (TPSA) is 55.4 Å². The van der Waals surface area contributed by atoms with Crippen LogP contribution >= 0.6 is 15.9 Å². The van der Waals surface area contributed by atoms with Crippen LogP contribution in [0, 0.1) is 5.82 Å². The average molecular weight is 360 g/mol. The van der Waals surface area contributed by atoms with Gasteiger partial charge in [0.25, 0.3) is 10.0 Å². The number of hydrogen-bond donors (Lipinski definition) is 1. The first-order chi connectivity index (χ1) is 9.49. The van der Waals surface area contributed by atoms with E-state index in [1.165, 1.54) is 6.07 Å². The third kappa shape index (κ3) is 3.86. The molecule has 0 aliphatic carbocycles. The third-order valence-electron chi connectivity index (χ3n) is 2.43. The van der Waals surface area contributed by atoms with Crippen LogP contribution in [0.25, 0.3) is 0 Å². The molecule has 20 heavy (non-hydrogen) atoms. The molecule has 0 saturated heterocycles. The highest BCUT2D eigenvalue weighted by molar-refractivity contribution is 9.10. The molecule has 2 rings (SSSR count). The summed E-state index contributed by atoms with van der Waals surface area (Å²) in [7, 11) is -4.05. The van der Waals surface area contributed by atoms with Crippen molar-refractivity contribution in [2.24, 2.45) is 0 Å². The van der Waals surface area contributed by atoms with E-state index < -0.39 is 20.7 Å². The van der Waals surface area contributed by atoms with Gasteiger partial charge in [0.15, 0.2) is 0 Å². The van der Waals surface area contributed by atoms with Crippen LogP contribution in [-0.2, 0) is 21.5 Å². The standard InChI is InChI=1S/C13H11BrFNO3S/c14-11-6-7-13(12(15)8-11)20(17,18)16-19-9-10-4-2-1-3-5-10/h1-8,16H,9H2. The largest absolute Gasteiger partial charge is 0.282 e. The Morgan fingerprint density at radius 2 is 1.85 bits per heavy atom. The summed E-state index contributed by atoms with van der Waals surface area (Å²) in [5.41, 5.74) is 0.798. The molecule has 0 radical (unpaired) electrons. The molecule has 0 unspecified atom stereocenters. The molecule has 0 saturated carbocycles. The van der Waals surface area contributed by atoms with Crippen LogP contribution < -0.4 is 4.89 Å². The fourth-order valence-corrected chi connectivity index (χ4v) is 2.70. The van der Waals surface area contributed by atoms with E-state index in [9.17, 15) is 12.8 Å². The fraction of sp³-hybridized carbons (Fsp3) is 0.0769. The molecule has 0 bridgehead atoms. The molecule has 0 aromatic heterocycles. The third-order valence-corrected chi connectivity index (χ3v) is 4.17. The Balaban J connectivity index is 2.04. The summed E-state index contributed by atoms with van der Waals surface area (Å²) >= 11 is 3.06. The minimum absolute atomic E-state index is 0.0538. The van der Waals surface area contributed by atoms with Gasteiger partial charge < -0.3 is 0 Å². The van der Waals surface area contributed by atoms with Gasteiger partial charge in [0.2, 0.25) is 0 Å². The molecular weight excluding hydrogens is 349 g/mol. The second kappa shape index (κ2) is 6.45. The summed E-state index contributed by atoms with van der Waals surface area (Å²) in [6.45, 7) is 0.0538. The molecule has 2 aromatic rings. The molecule has 0 heterocycles. The van der Waals surface area contributed by atoms with Crippen LogP contribution in [0.2, 0.25) is 0 Å². The zero-order valence-electron chi connectivity index (χ0n) is 10.2. The van der Waals surface area contributed by atoms with Gasteiger partial charge in [-0.05, 0) is 23.8 Å². The molecular formula is C13H11BrFNO3S. The summed E-state index contributed by atoms with van der Waals surface area (Å²) in [5, 5.41) is 0. The number of benzene rings is 2. The lowest BCUT2D eigenvalue weighted by Gasteiger charge is -2.08. The molecule has 2 aromatic carbocycles. The smallest absolute Gasteiger partial charge is 0.265 e. The average Bonchev–Trinajstić information content (AvgIpc) is 2.39. The first kappa shape index (κ1) is 15.1. The van der Waals surface area contributed by atoms with Crippen molar-refractivity contribution in [1.82, 2.24) is 4.89 Å². The molecule has 0 amide bonds. The Labute approximate surface area is 124 Å². The number of halogens is 2. The van der Waals surface area contributed by atoms with Crippen molar-refractivity contribution in [1.29, 1.82) is 0 Å². The van der Waals surface area contributed by atoms with Gasteiger partial charge in [-0.2, -0.15) is 0 Å². The normalized spacial score (nSPS) is 11.5. The number of hydrogen-bond acceptors (Lipinski definition) is 3. The van der Waals surface area contributed by atoms with Crippen molar-refractivity contribution < 1.29 is 17.6 Å². The molecule has 106 valence electrons. The van der Waals surface area contributed by atoms with Gasteiger partial charge in [0.1, 0.15) is 10.7 Å². The molecule has 0 spiro atoms. The summed E-state index contributed by atoms with van der Waals surface area (Å²) in [4.78, 5) is 6.34. The summed E-state index contributed by atoms with van der Waals surface area (Å²) in [5.74, 6) is -0.852. The number of nitrogens with one attached hydrogen (secondary N) is 1. The van der Waals surface area contributed by atoms with E-state index in [2.05, 4.69) is 15.9 Å². The van der Waals surface area contributed by atoms with Gasteiger partial charge in [-0.25, -0.2) is 12.8 Å². The van der Waals surface area contributed by atoms with Crippen molar-refractivity contribution in [3.8, 4) is 0 Å². The molecule has 0 aliphatic rings. The molecule has 0 aliphatic heterocycles. The van der Waals surface area contributed by atoms with Crippen LogP contribution in [0.5, 0.6) is 0 Å². The zero-order valence-corrected chi connectivity index (χ0v) is 12.6. The van der Waals surface area contributed by atoms with Crippen molar-refractivity contribution in [2.75, 3.05) is 0 Å². The number of rotatable bonds is 5. The first-order valence-corrected chi connectivity index (χ1v) is 7.89. The highest BCUT2D eigenvalue weighted by atomic mass is 79.9. The molecule has 0 fully saturated rings. The van der Waals surface area contributed by atoms with Gasteiger partial charge in [-0.1, -0.05) is 51.1 Å². The zero-order chi connectivity index (χ0) is 14.6. The van der Waals surface area contributed by atoms with E-state index in [0.717, 1.165) is 17.7 Å². The SMILES string of the molecule is O=S(=O)(NOCc1ccccc1)c1ccc(Br)cc1F. The van der Waals surface area contributed by atoms with E-state index in [1.807, 2.05) is 23.1 Å². The van der Waals surface area contributed by atoms with E-state index in [1.54, 1.807) is 12.1 Å². The lowest BCUT2D eigenvalue weighted by atomic mass is 10.2. The molecule has 7 heteroatoms. The van der Waals surface area contributed by atoms with Crippen molar-refractivity contribution in [2.45, 2.75) is 11.5 Å². The lowest BCUT2D eigenvalue weighted by molar-refractivity contribution is 0.0793. The van der Waals surface area contributed by atoms with Gasteiger partial charge in [0.05, 0.1) is 6.61 Å². The highest BCUT2D eigenvalue weighted by Crippen LogP contribution is 2.19. The van der Waals surface area contributed by atoms with Crippen LogP contribution in [0.1, 0.15) is 5.56 Å². The Morgan fingerprint density at radius 3 is 2.50 bits per heavy atom. The van der Waals surface area contributed by atoms with Crippen molar-refractivity contribution >= 4 is 26.0 Å². The quantitative estimate of drug-likeness (QED) is 0.834. The van der Waals surface area contributed by atoms with Crippen LogP contribution in [0.4, 0.5) is 4.39 Å². The first-order valence-electron chi connectivity index (χ1n) is 5.61. The van der Waals surface area contributed by atoms with E-state index >= 15 is 0 Å². The Morgan fingerprint density at radius 1 is 1.15 bits per heavy atom. The predicted molar refractivity (Wildman–Crippen MR) is 75.7 cm³/mol. The molecule has 4 nitrogen and oxygen atoms in total. The Hall–Kier alpha value is -1.28. The Bertz CT molecular complexity index is 692. The monoisotopic (exact) mass is 359 g/mol. The maximum Gasteiger partial charge on any atom is 0.265 e. The second-order valence-corrected chi connectivity index (χ2v) is 6.46. The minimum atomic E-state index is -4.05. The minimum Gasteiger partial charge on any atom is -0.282 e. The summed E-state index contributed by atoms with van der Waals surface area (Å²) < 4.78 is 37.8. The van der Waals surface area contributed by atoms with E-state index in [4.69, 9.17) is 4.84 Å². The maximum absolute atomic E-state index is 13.6. The van der Waals surface area contributed by atoms with Crippen molar-refractivity contribution in [3.05, 3.63) is 64.4 Å². The van der Waals surface area contributed by atoms with Crippen molar-refractivity contribution in [3.63, 3.8) is 0 Å². The summed E-state index contributed by atoms with van der Waals surface area (Å²) in [6, 6.07) is 12.7. The molecule has 0 atom stereocenters. The van der Waals surface area contributed by atoms with Gasteiger partial charge in [-0.15, -0.1) is 0 Å². The fourth-order valence-electron chi connectivity index (χ4n) is 1.50. The van der Waals surface area contributed by atoms with Gasteiger partial charge >= 0.3 is 0 Å². The van der Waals surface area contributed by atoms with Crippen LogP contribution in [0.15, 0.2) is 57.9 Å². The lowest BCUT2D eigenvalue weighted by Crippen LogP contribution is -2.24. The van der Waals surface area contributed by atoms with Crippen LogP contribution in [-0.4, -0.2) is 8.42 Å². The van der Waals surface area contributed by atoms with E-state index in [-0.39, 0.29) is 6.61 Å². The predicted octanol–water partition coefficient (Wildman–Crippen LogP) is 3.00. The maximum atomic E-state index is 13.6. The summed E-state index contributed by atoms with van der Waals surface area (Å²) in [6.07, 6.45) is 0.